The van der Waals surface area contributed by atoms with E-state index in [1.165, 1.54) is 18.7 Å². The summed E-state index contributed by atoms with van der Waals surface area (Å²) in [6.07, 6.45) is 6.34. The van der Waals surface area contributed by atoms with Gasteiger partial charge >= 0.3 is 0 Å². The van der Waals surface area contributed by atoms with Gasteiger partial charge in [0.05, 0.1) is 18.1 Å². The first-order valence-electron chi connectivity index (χ1n) is 9.67. The second-order valence-electron chi connectivity index (χ2n) is 7.38. The average molecular weight is 397 g/mol. The van der Waals surface area contributed by atoms with Crippen LogP contribution < -0.4 is 5.32 Å². The molecule has 7 heteroatoms. The molecule has 0 fully saturated rings. The molecule has 1 atom stereocenters. The van der Waals surface area contributed by atoms with Crippen molar-refractivity contribution in [3.05, 3.63) is 78.5 Å². The molecule has 2 aromatic carbocycles. The summed E-state index contributed by atoms with van der Waals surface area (Å²) >= 11 is 0. The highest BCUT2D eigenvalue weighted by Crippen LogP contribution is 2.31. The minimum atomic E-state index is -0.621. The van der Waals surface area contributed by atoms with Crippen LogP contribution in [0, 0.1) is 0 Å². The third-order valence-electron chi connectivity index (χ3n) is 5.50. The number of benzene rings is 2. The lowest BCUT2D eigenvalue weighted by Gasteiger charge is -2.23. The van der Waals surface area contributed by atoms with Crippen LogP contribution in [0.25, 0.3) is 22.0 Å². The molecule has 4 aromatic rings. The lowest BCUT2D eigenvalue weighted by Crippen LogP contribution is -2.42. The Morgan fingerprint density at radius 1 is 1.10 bits per heavy atom. The largest absolute Gasteiger partial charge is 0.361 e. The molecule has 2 amide bonds. The molecule has 0 unspecified atom stereocenters. The van der Waals surface area contributed by atoms with E-state index >= 15 is 0 Å². The summed E-state index contributed by atoms with van der Waals surface area (Å²) in [4.78, 5) is 38.2. The Bertz CT molecular complexity index is 1270. The van der Waals surface area contributed by atoms with Crippen molar-refractivity contribution in [2.75, 3.05) is 5.32 Å². The van der Waals surface area contributed by atoms with Crippen molar-refractivity contribution in [3.63, 3.8) is 0 Å². The highest BCUT2D eigenvalue weighted by molar-refractivity contribution is 6.04. The van der Waals surface area contributed by atoms with Gasteiger partial charge in [-0.25, -0.2) is 9.97 Å². The predicted octanol–water partition coefficient (Wildman–Crippen LogP) is 3.61. The summed E-state index contributed by atoms with van der Waals surface area (Å²) in [5.74, 6) is -0.411. The zero-order valence-electron chi connectivity index (χ0n) is 16.3. The van der Waals surface area contributed by atoms with Crippen molar-refractivity contribution < 1.29 is 9.59 Å². The quantitative estimate of drug-likeness (QED) is 0.550. The fraction of sp³-hybridized carbons (Fsp3) is 0.130. The van der Waals surface area contributed by atoms with Crippen LogP contribution in [0.1, 0.15) is 22.8 Å². The standard InChI is InChI=1S/C23H19N5O2/c1-14(22(29)27-19-10-24-13-25-11-19)28-12-18-3-2-16(9-20(18)23(28)30)15-4-5-21-17(8-15)6-7-26-21/h2-11,13-14,26H,12H2,1H3,(H,27,29)/t14-/m1/s1. The summed E-state index contributed by atoms with van der Waals surface area (Å²) in [6.45, 7) is 2.13. The normalized spacial score (nSPS) is 14.0. The molecule has 0 radical (unpaired) electrons. The molecule has 0 aliphatic carbocycles. The smallest absolute Gasteiger partial charge is 0.255 e. The van der Waals surface area contributed by atoms with Crippen molar-refractivity contribution in [2.45, 2.75) is 19.5 Å². The number of hydrogen-bond donors (Lipinski definition) is 2. The molecule has 0 bridgehead atoms. The topological polar surface area (TPSA) is 91.0 Å². The summed E-state index contributed by atoms with van der Waals surface area (Å²) in [7, 11) is 0. The van der Waals surface area contributed by atoms with Crippen LogP contribution >= 0.6 is 0 Å². The Balaban J connectivity index is 1.38. The first-order chi connectivity index (χ1) is 14.6. The van der Waals surface area contributed by atoms with Gasteiger partial charge in [0.15, 0.2) is 0 Å². The molecule has 1 aliphatic heterocycles. The van der Waals surface area contributed by atoms with Crippen LogP contribution in [0.4, 0.5) is 5.69 Å². The maximum Gasteiger partial charge on any atom is 0.255 e. The van der Waals surface area contributed by atoms with E-state index in [0.29, 0.717) is 17.8 Å². The Hall–Kier alpha value is -4.00. The van der Waals surface area contributed by atoms with E-state index in [1.54, 1.807) is 11.8 Å². The molecular weight excluding hydrogens is 378 g/mol. The van der Waals surface area contributed by atoms with Gasteiger partial charge in [0, 0.05) is 23.8 Å². The molecule has 2 N–H and O–H groups in total. The zero-order chi connectivity index (χ0) is 20.7. The second kappa shape index (κ2) is 7.11. The van der Waals surface area contributed by atoms with E-state index in [1.807, 2.05) is 42.6 Å². The molecule has 5 rings (SSSR count). The first kappa shape index (κ1) is 18.1. The van der Waals surface area contributed by atoms with Crippen molar-refractivity contribution in [1.82, 2.24) is 19.9 Å². The minimum absolute atomic E-state index is 0.137. The summed E-state index contributed by atoms with van der Waals surface area (Å²) in [5, 5.41) is 3.88. The number of aromatic nitrogens is 3. The molecule has 3 heterocycles. The van der Waals surface area contributed by atoms with E-state index in [2.05, 4.69) is 26.3 Å². The first-order valence-corrected chi connectivity index (χ1v) is 9.67. The number of rotatable bonds is 4. The fourth-order valence-corrected chi connectivity index (χ4v) is 3.80. The van der Waals surface area contributed by atoms with E-state index in [-0.39, 0.29) is 11.8 Å². The monoisotopic (exact) mass is 397 g/mol. The van der Waals surface area contributed by atoms with E-state index < -0.39 is 6.04 Å². The van der Waals surface area contributed by atoms with Crippen LogP contribution in [0.2, 0.25) is 0 Å². The Kier molecular flexibility index (Phi) is 4.28. The Labute approximate surface area is 172 Å². The fourth-order valence-electron chi connectivity index (χ4n) is 3.80. The van der Waals surface area contributed by atoms with Gasteiger partial charge in [-0.1, -0.05) is 18.2 Å². The molecule has 148 valence electrons. The molecular formula is C23H19N5O2. The third kappa shape index (κ3) is 3.10. The van der Waals surface area contributed by atoms with Gasteiger partial charge < -0.3 is 15.2 Å². The van der Waals surface area contributed by atoms with Crippen molar-refractivity contribution >= 4 is 28.4 Å². The summed E-state index contributed by atoms with van der Waals surface area (Å²) < 4.78 is 0. The number of nitrogens with one attached hydrogen (secondary N) is 2. The number of nitrogens with zero attached hydrogens (tertiary/aromatic N) is 3. The molecule has 0 saturated carbocycles. The van der Waals surface area contributed by atoms with Crippen LogP contribution in [0.15, 0.2) is 67.4 Å². The molecule has 1 aliphatic rings. The average Bonchev–Trinajstić information content (AvgIpc) is 3.37. The maximum absolute atomic E-state index is 13.1. The Morgan fingerprint density at radius 2 is 1.87 bits per heavy atom. The SMILES string of the molecule is C[C@H](C(=O)Nc1cncnc1)N1Cc2ccc(-c3ccc4[nH]ccc4c3)cc2C1=O. The number of hydrogen-bond acceptors (Lipinski definition) is 4. The Morgan fingerprint density at radius 3 is 2.70 bits per heavy atom. The number of fused-ring (bicyclic) bond motifs is 2. The highest BCUT2D eigenvalue weighted by atomic mass is 16.2. The lowest BCUT2D eigenvalue weighted by atomic mass is 9.99. The van der Waals surface area contributed by atoms with Crippen LogP contribution in [0.3, 0.4) is 0 Å². The molecule has 0 saturated heterocycles. The summed E-state index contributed by atoms with van der Waals surface area (Å²) in [6, 6.07) is 13.5. The molecule has 30 heavy (non-hydrogen) atoms. The number of aromatic amines is 1. The summed E-state index contributed by atoms with van der Waals surface area (Å²) in [5.41, 5.74) is 5.17. The number of amides is 2. The van der Waals surface area contributed by atoms with Crippen LogP contribution in [0.5, 0.6) is 0 Å². The van der Waals surface area contributed by atoms with E-state index in [0.717, 1.165) is 27.6 Å². The number of carbonyl (C=O) groups is 2. The molecule has 0 spiro atoms. The van der Waals surface area contributed by atoms with E-state index in [4.69, 9.17) is 0 Å². The van der Waals surface area contributed by atoms with Crippen LogP contribution in [-0.4, -0.2) is 37.7 Å². The van der Waals surface area contributed by atoms with Gasteiger partial charge in [-0.15, -0.1) is 0 Å². The maximum atomic E-state index is 13.1. The van der Waals surface area contributed by atoms with Crippen molar-refractivity contribution in [3.8, 4) is 11.1 Å². The minimum Gasteiger partial charge on any atom is -0.361 e. The van der Waals surface area contributed by atoms with Gasteiger partial charge in [-0.2, -0.15) is 0 Å². The van der Waals surface area contributed by atoms with Crippen molar-refractivity contribution in [2.24, 2.45) is 0 Å². The van der Waals surface area contributed by atoms with E-state index in [9.17, 15) is 9.59 Å². The highest BCUT2D eigenvalue weighted by Gasteiger charge is 2.34. The van der Waals surface area contributed by atoms with Gasteiger partial charge in [-0.3, -0.25) is 9.59 Å². The van der Waals surface area contributed by atoms with Gasteiger partial charge in [-0.05, 0) is 53.3 Å². The number of carbonyl (C=O) groups excluding carboxylic acids is 2. The van der Waals surface area contributed by atoms with Gasteiger partial charge in [0.25, 0.3) is 5.91 Å². The zero-order valence-corrected chi connectivity index (χ0v) is 16.3. The molecule has 7 nitrogen and oxygen atoms in total. The van der Waals surface area contributed by atoms with Crippen molar-refractivity contribution in [1.29, 1.82) is 0 Å². The van der Waals surface area contributed by atoms with Gasteiger partial charge in [0.2, 0.25) is 5.91 Å². The second-order valence-corrected chi connectivity index (χ2v) is 7.38. The number of H-pyrrole nitrogens is 1. The predicted molar refractivity (Wildman–Crippen MR) is 114 cm³/mol. The lowest BCUT2D eigenvalue weighted by molar-refractivity contribution is -0.120. The van der Waals surface area contributed by atoms with Gasteiger partial charge in [0.1, 0.15) is 12.4 Å². The molecule has 2 aromatic heterocycles. The third-order valence-corrected chi connectivity index (χ3v) is 5.50. The van der Waals surface area contributed by atoms with Crippen LogP contribution in [-0.2, 0) is 11.3 Å². The number of anilines is 1.